The van der Waals surface area contributed by atoms with Crippen LogP contribution in [0.5, 0.6) is 0 Å². The van der Waals surface area contributed by atoms with Crippen LogP contribution in [0.4, 0.5) is 0 Å². The Labute approximate surface area is 206 Å². The van der Waals surface area contributed by atoms with E-state index in [9.17, 15) is 9.59 Å². The van der Waals surface area contributed by atoms with Gasteiger partial charge in [-0.1, -0.05) is 65.9 Å². The summed E-state index contributed by atoms with van der Waals surface area (Å²) in [7, 11) is 0. The normalized spacial score (nSPS) is 15.7. The topological polar surface area (TPSA) is 65.6 Å². The van der Waals surface area contributed by atoms with Crippen LogP contribution in [0, 0.1) is 0 Å². The molecule has 0 spiro atoms. The van der Waals surface area contributed by atoms with Gasteiger partial charge in [-0.2, -0.15) is 0 Å². The quantitative estimate of drug-likeness (QED) is 0.308. The number of allylic oxidation sites excluding steroid dienone is 2. The molecule has 4 aromatic rings. The lowest BCUT2D eigenvalue weighted by Gasteiger charge is -2.24. The lowest BCUT2D eigenvalue weighted by Crippen LogP contribution is -2.39. The number of rotatable bonds is 6. The number of para-hydroxylation sites is 1. The summed E-state index contributed by atoms with van der Waals surface area (Å²) < 4.78 is 9.64. The summed E-state index contributed by atoms with van der Waals surface area (Å²) in [5.74, 6) is -0.454. The first kappa shape index (κ1) is 22.8. The summed E-state index contributed by atoms with van der Waals surface area (Å²) in [5, 5.41) is 1.06. The van der Waals surface area contributed by atoms with Gasteiger partial charge in [-0.05, 0) is 31.6 Å². The SMILES string of the molecule is C=CCn1cc(/C=c2/sc3n(c2=O)[C@@H](c2ccccc2)C(C(=O)OCC)=C(C)N=3)c2ccccc21. The summed E-state index contributed by atoms with van der Waals surface area (Å²) >= 11 is 1.33. The molecule has 0 unspecified atom stereocenters. The average Bonchev–Trinajstić information content (AvgIpc) is 3.36. The largest absolute Gasteiger partial charge is 0.463 e. The number of benzene rings is 2. The number of ether oxygens (including phenoxy) is 1. The van der Waals surface area contributed by atoms with Gasteiger partial charge in [-0.3, -0.25) is 9.36 Å². The standard InChI is InChI=1S/C28H25N3O3S/c1-4-15-30-17-20(21-13-9-10-14-22(21)30)16-23-26(32)31-25(19-11-7-6-8-12-19)24(27(33)34-5-2)18(3)29-28(31)35-23/h4,6-14,16-17,25H,1,5,15H2,2-3H3/b23-16+/t25-/m0/s1. The molecule has 0 N–H and O–H groups in total. The van der Waals surface area contributed by atoms with E-state index in [1.54, 1.807) is 18.4 Å². The second kappa shape index (κ2) is 9.35. The van der Waals surface area contributed by atoms with Gasteiger partial charge in [0.1, 0.15) is 0 Å². The van der Waals surface area contributed by atoms with Crippen molar-refractivity contribution in [2.24, 2.45) is 4.99 Å². The number of esters is 1. The molecule has 0 amide bonds. The molecule has 6 nitrogen and oxygen atoms in total. The maximum Gasteiger partial charge on any atom is 0.338 e. The van der Waals surface area contributed by atoms with Crippen LogP contribution in [0.2, 0.25) is 0 Å². The maximum atomic E-state index is 13.8. The molecule has 0 fully saturated rings. The number of fused-ring (bicyclic) bond motifs is 2. The Morgan fingerprint density at radius 3 is 2.66 bits per heavy atom. The van der Waals surface area contributed by atoms with Crippen LogP contribution < -0.4 is 14.9 Å². The Hall–Kier alpha value is -3.97. The van der Waals surface area contributed by atoms with Crippen LogP contribution in [-0.2, 0) is 16.1 Å². The van der Waals surface area contributed by atoms with Crippen molar-refractivity contribution in [1.29, 1.82) is 0 Å². The molecular formula is C28H25N3O3S. The van der Waals surface area contributed by atoms with Gasteiger partial charge in [0.2, 0.25) is 0 Å². The molecule has 0 aliphatic carbocycles. The predicted molar refractivity (Wildman–Crippen MR) is 139 cm³/mol. The zero-order valence-electron chi connectivity index (χ0n) is 19.6. The molecule has 0 radical (unpaired) electrons. The molecule has 1 aliphatic heterocycles. The number of carbonyl (C=O) groups excluding carboxylic acids is 1. The first-order chi connectivity index (χ1) is 17.0. The van der Waals surface area contributed by atoms with E-state index in [1.165, 1.54) is 11.3 Å². The van der Waals surface area contributed by atoms with Gasteiger partial charge in [-0.25, -0.2) is 9.79 Å². The second-order valence-corrected chi connectivity index (χ2v) is 9.26. The van der Waals surface area contributed by atoms with E-state index in [4.69, 9.17) is 4.74 Å². The predicted octanol–water partition coefficient (Wildman–Crippen LogP) is 3.94. The highest BCUT2D eigenvalue weighted by Crippen LogP contribution is 2.30. The van der Waals surface area contributed by atoms with E-state index >= 15 is 0 Å². The molecule has 3 heterocycles. The van der Waals surface area contributed by atoms with Crippen molar-refractivity contribution in [3.63, 3.8) is 0 Å². The number of thiazole rings is 1. The lowest BCUT2D eigenvalue weighted by atomic mass is 9.96. The van der Waals surface area contributed by atoms with Crippen LogP contribution in [-0.4, -0.2) is 21.7 Å². The molecular weight excluding hydrogens is 458 g/mol. The molecule has 2 aromatic heterocycles. The van der Waals surface area contributed by atoms with Gasteiger partial charge >= 0.3 is 5.97 Å². The van der Waals surface area contributed by atoms with Crippen molar-refractivity contribution in [2.75, 3.05) is 6.61 Å². The molecule has 176 valence electrons. The molecule has 35 heavy (non-hydrogen) atoms. The minimum atomic E-state index is -0.601. The molecule has 0 saturated heterocycles. The lowest BCUT2D eigenvalue weighted by molar-refractivity contribution is -0.139. The highest BCUT2D eigenvalue weighted by molar-refractivity contribution is 7.07. The zero-order chi connectivity index (χ0) is 24.5. The molecule has 1 atom stereocenters. The Balaban J connectivity index is 1.74. The Bertz CT molecular complexity index is 1650. The van der Waals surface area contributed by atoms with E-state index in [-0.39, 0.29) is 12.2 Å². The summed E-state index contributed by atoms with van der Waals surface area (Å²) in [6.45, 7) is 8.34. The third kappa shape index (κ3) is 3.98. The van der Waals surface area contributed by atoms with Gasteiger partial charge in [0.15, 0.2) is 4.80 Å². The molecule has 0 saturated carbocycles. The minimum absolute atomic E-state index is 0.183. The number of nitrogens with zero attached hydrogens (tertiary/aromatic N) is 3. The minimum Gasteiger partial charge on any atom is -0.463 e. The molecule has 2 aromatic carbocycles. The van der Waals surface area contributed by atoms with Crippen LogP contribution in [0.3, 0.4) is 0 Å². The summed E-state index contributed by atoms with van der Waals surface area (Å²) in [4.78, 5) is 32.0. The third-order valence-electron chi connectivity index (χ3n) is 6.06. The molecule has 0 bridgehead atoms. The van der Waals surface area contributed by atoms with Crippen molar-refractivity contribution >= 4 is 34.3 Å². The van der Waals surface area contributed by atoms with Crippen LogP contribution in [0.25, 0.3) is 17.0 Å². The zero-order valence-corrected chi connectivity index (χ0v) is 20.4. The van der Waals surface area contributed by atoms with Gasteiger partial charge in [-0.15, -0.1) is 6.58 Å². The smallest absolute Gasteiger partial charge is 0.338 e. The van der Waals surface area contributed by atoms with Crippen molar-refractivity contribution in [3.05, 3.63) is 116 Å². The number of hydrogen-bond acceptors (Lipinski definition) is 5. The number of aromatic nitrogens is 2. The van der Waals surface area contributed by atoms with Crippen molar-refractivity contribution in [3.8, 4) is 0 Å². The molecule has 5 rings (SSSR count). The highest BCUT2D eigenvalue weighted by Gasteiger charge is 2.33. The summed E-state index contributed by atoms with van der Waals surface area (Å²) in [5.41, 5.74) is 3.63. The Morgan fingerprint density at radius 1 is 1.17 bits per heavy atom. The van der Waals surface area contributed by atoms with Crippen molar-refractivity contribution < 1.29 is 9.53 Å². The Kier molecular flexibility index (Phi) is 6.09. The fourth-order valence-electron chi connectivity index (χ4n) is 4.56. The monoisotopic (exact) mass is 483 g/mol. The van der Waals surface area contributed by atoms with E-state index < -0.39 is 12.0 Å². The van der Waals surface area contributed by atoms with Crippen LogP contribution in [0.15, 0.2) is 94.5 Å². The van der Waals surface area contributed by atoms with E-state index in [0.717, 1.165) is 22.0 Å². The number of hydrogen-bond donors (Lipinski definition) is 0. The maximum absolute atomic E-state index is 13.8. The Morgan fingerprint density at radius 2 is 1.91 bits per heavy atom. The van der Waals surface area contributed by atoms with Crippen LogP contribution >= 0.6 is 11.3 Å². The third-order valence-corrected chi connectivity index (χ3v) is 7.05. The van der Waals surface area contributed by atoms with Crippen molar-refractivity contribution in [2.45, 2.75) is 26.4 Å². The van der Waals surface area contributed by atoms with Crippen LogP contribution in [0.1, 0.15) is 31.0 Å². The first-order valence-corrected chi connectivity index (χ1v) is 12.3. The number of carbonyl (C=O) groups is 1. The van der Waals surface area contributed by atoms with Gasteiger partial charge in [0.05, 0.1) is 28.5 Å². The van der Waals surface area contributed by atoms with Gasteiger partial charge in [0.25, 0.3) is 5.56 Å². The average molecular weight is 484 g/mol. The molecule has 1 aliphatic rings. The second-order valence-electron chi connectivity index (χ2n) is 8.26. The fourth-order valence-corrected chi connectivity index (χ4v) is 5.60. The first-order valence-electron chi connectivity index (χ1n) is 11.5. The van der Waals surface area contributed by atoms with Gasteiger partial charge in [0, 0.05) is 29.2 Å². The fraction of sp³-hybridized carbons (Fsp3) is 0.179. The van der Waals surface area contributed by atoms with E-state index in [0.29, 0.717) is 27.1 Å². The van der Waals surface area contributed by atoms with Crippen molar-refractivity contribution in [1.82, 2.24) is 9.13 Å². The summed E-state index contributed by atoms with van der Waals surface area (Å²) in [6.07, 6.45) is 5.80. The van der Waals surface area contributed by atoms with E-state index in [2.05, 4.69) is 22.2 Å². The molecule has 7 heteroatoms. The summed E-state index contributed by atoms with van der Waals surface area (Å²) in [6, 6.07) is 17.0. The highest BCUT2D eigenvalue weighted by atomic mass is 32.1. The van der Waals surface area contributed by atoms with E-state index in [1.807, 2.05) is 66.9 Å². The van der Waals surface area contributed by atoms with Gasteiger partial charge < -0.3 is 9.30 Å².